The maximum atomic E-state index is 12.7. The van der Waals surface area contributed by atoms with E-state index in [0.717, 1.165) is 28.1 Å². The molecule has 3 nitrogen and oxygen atoms in total. The Labute approximate surface area is 171 Å². The zero-order valence-corrected chi connectivity index (χ0v) is 16.5. The van der Waals surface area contributed by atoms with Gasteiger partial charge in [-0.05, 0) is 29.3 Å². The first-order valence-corrected chi connectivity index (χ1v) is 10.8. The van der Waals surface area contributed by atoms with Crippen LogP contribution in [0, 0.1) is 0 Å². The Morgan fingerprint density at radius 1 is 0.857 bits per heavy atom. The molecule has 1 amide bonds. The number of hydrogen-bond acceptors (Lipinski definition) is 4. The Bertz CT molecular complexity index is 1150. The molecule has 0 radical (unpaired) electrons. The maximum absolute atomic E-state index is 12.7. The van der Waals surface area contributed by atoms with Crippen molar-refractivity contribution in [2.75, 3.05) is 5.32 Å². The van der Waals surface area contributed by atoms with Crippen molar-refractivity contribution < 1.29 is 4.79 Å². The van der Waals surface area contributed by atoms with E-state index < -0.39 is 0 Å². The molecule has 4 aromatic rings. The Kier molecular flexibility index (Phi) is 4.47. The molecule has 1 N–H and O–H groups in total. The van der Waals surface area contributed by atoms with Crippen LogP contribution in [0.4, 0.5) is 5.13 Å². The van der Waals surface area contributed by atoms with Crippen molar-refractivity contribution in [2.45, 2.75) is 10.6 Å². The van der Waals surface area contributed by atoms with Crippen LogP contribution in [0.2, 0.25) is 0 Å². The summed E-state index contributed by atoms with van der Waals surface area (Å²) < 4.78 is 0. The minimum Gasteiger partial charge on any atom is -0.298 e. The molecule has 2 heterocycles. The number of carbonyl (C=O) groups excluding carboxylic acids is 1. The van der Waals surface area contributed by atoms with Crippen molar-refractivity contribution in [3.63, 3.8) is 0 Å². The minimum atomic E-state index is -0.133. The number of amides is 1. The predicted molar refractivity (Wildman–Crippen MR) is 117 cm³/mol. The molecule has 0 saturated carbocycles. The predicted octanol–water partition coefficient (Wildman–Crippen LogP) is 6.34. The standard InChI is InChI=1S/C23H16N2OS2/c26-22(17-12-10-16(11-13-17)15-6-2-1-3-7-15)25-23-24-21-18-8-4-5-9-19(18)27-14-20(21)28-23/h1-13H,14H2,(H,24,25,26). The summed E-state index contributed by atoms with van der Waals surface area (Å²) in [5.74, 6) is 0.762. The van der Waals surface area contributed by atoms with Gasteiger partial charge in [-0.3, -0.25) is 10.1 Å². The second kappa shape index (κ2) is 7.26. The van der Waals surface area contributed by atoms with Gasteiger partial charge in [-0.1, -0.05) is 60.7 Å². The van der Waals surface area contributed by atoms with Gasteiger partial charge in [0.05, 0.1) is 5.69 Å². The number of benzene rings is 3. The third-order valence-electron chi connectivity index (χ3n) is 4.67. The molecule has 136 valence electrons. The van der Waals surface area contributed by atoms with Gasteiger partial charge < -0.3 is 0 Å². The van der Waals surface area contributed by atoms with Crippen molar-refractivity contribution in [2.24, 2.45) is 0 Å². The Morgan fingerprint density at radius 3 is 2.39 bits per heavy atom. The van der Waals surface area contributed by atoms with Crippen LogP contribution in [-0.4, -0.2) is 10.9 Å². The highest BCUT2D eigenvalue weighted by atomic mass is 32.2. The number of thiazole rings is 1. The molecule has 5 rings (SSSR count). The first-order chi connectivity index (χ1) is 13.8. The molecule has 0 spiro atoms. The number of nitrogens with one attached hydrogen (secondary N) is 1. The first kappa shape index (κ1) is 17.2. The van der Waals surface area contributed by atoms with Gasteiger partial charge in [0.25, 0.3) is 5.91 Å². The van der Waals surface area contributed by atoms with Crippen molar-refractivity contribution in [1.82, 2.24) is 4.98 Å². The van der Waals surface area contributed by atoms with Crippen molar-refractivity contribution in [3.8, 4) is 22.4 Å². The maximum Gasteiger partial charge on any atom is 0.257 e. The minimum absolute atomic E-state index is 0.133. The Balaban J connectivity index is 1.36. The molecule has 0 unspecified atom stereocenters. The van der Waals surface area contributed by atoms with Gasteiger partial charge in [0.1, 0.15) is 0 Å². The first-order valence-electron chi connectivity index (χ1n) is 8.97. The summed E-state index contributed by atoms with van der Waals surface area (Å²) in [4.78, 5) is 19.8. The number of fused-ring (bicyclic) bond motifs is 3. The van der Waals surface area contributed by atoms with Gasteiger partial charge in [-0.15, -0.1) is 23.1 Å². The second-order valence-electron chi connectivity index (χ2n) is 6.47. The van der Waals surface area contributed by atoms with E-state index in [2.05, 4.69) is 29.6 Å². The number of aromatic nitrogens is 1. The van der Waals surface area contributed by atoms with Gasteiger partial charge in [0.2, 0.25) is 0 Å². The van der Waals surface area contributed by atoms with Gasteiger partial charge in [0, 0.05) is 26.7 Å². The third kappa shape index (κ3) is 3.23. The van der Waals surface area contributed by atoms with Crippen molar-refractivity contribution in [1.29, 1.82) is 0 Å². The van der Waals surface area contributed by atoms with Gasteiger partial charge in [0.15, 0.2) is 5.13 Å². The summed E-state index contributed by atoms with van der Waals surface area (Å²) in [7, 11) is 0. The highest BCUT2D eigenvalue weighted by Crippen LogP contribution is 2.44. The highest BCUT2D eigenvalue weighted by Gasteiger charge is 2.21. The fourth-order valence-electron chi connectivity index (χ4n) is 3.26. The van der Waals surface area contributed by atoms with E-state index in [-0.39, 0.29) is 5.91 Å². The monoisotopic (exact) mass is 400 g/mol. The molecule has 1 aromatic heterocycles. The van der Waals surface area contributed by atoms with Crippen LogP contribution in [0.3, 0.4) is 0 Å². The summed E-state index contributed by atoms with van der Waals surface area (Å²) in [6.45, 7) is 0. The van der Waals surface area contributed by atoms with E-state index in [4.69, 9.17) is 4.98 Å². The lowest BCUT2D eigenvalue weighted by molar-refractivity contribution is 0.102. The molecular weight excluding hydrogens is 384 g/mol. The molecule has 3 aromatic carbocycles. The SMILES string of the molecule is O=C(Nc1nc2c(s1)CSc1ccccc1-2)c1ccc(-c2ccccc2)cc1. The van der Waals surface area contributed by atoms with E-state index in [0.29, 0.717) is 10.7 Å². The summed E-state index contributed by atoms with van der Waals surface area (Å²) in [6, 6.07) is 26.1. The van der Waals surface area contributed by atoms with E-state index in [1.165, 1.54) is 9.77 Å². The molecule has 28 heavy (non-hydrogen) atoms. The normalized spacial score (nSPS) is 12.1. The molecule has 0 fully saturated rings. The second-order valence-corrected chi connectivity index (χ2v) is 8.57. The zero-order valence-electron chi connectivity index (χ0n) is 14.9. The van der Waals surface area contributed by atoms with Crippen molar-refractivity contribution >= 4 is 34.1 Å². The van der Waals surface area contributed by atoms with Gasteiger partial charge in [-0.2, -0.15) is 0 Å². The topological polar surface area (TPSA) is 42.0 Å². The van der Waals surface area contributed by atoms with E-state index in [9.17, 15) is 4.79 Å². The van der Waals surface area contributed by atoms with Crippen molar-refractivity contribution in [3.05, 3.63) is 89.3 Å². The van der Waals surface area contributed by atoms with E-state index in [1.54, 1.807) is 11.3 Å². The fraction of sp³-hybridized carbons (Fsp3) is 0.0435. The number of thioether (sulfide) groups is 1. The van der Waals surface area contributed by atoms with Crippen LogP contribution in [0.25, 0.3) is 22.4 Å². The van der Waals surface area contributed by atoms with Crippen LogP contribution in [-0.2, 0) is 5.75 Å². The molecule has 0 atom stereocenters. The number of anilines is 1. The summed E-state index contributed by atoms with van der Waals surface area (Å²) in [5, 5.41) is 3.62. The van der Waals surface area contributed by atoms with Crippen LogP contribution in [0.1, 0.15) is 15.2 Å². The Morgan fingerprint density at radius 2 is 1.57 bits per heavy atom. The molecule has 5 heteroatoms. The highest BCUT2D eigenvalue weighted by molar-refractivity contribution is 7.98. The molecular formula is C23H16N2OS2. The van der Waals surface area contributed by atoms with Gasteiger partial charge in [-0.25, -0.2) is 4.98 Å². The molecule has 0 bridgehead atoms. The van der Waals surface area contributed by atoms with Crippen LogP contribution in [0.5, 0.6) is 0 Å². The Hall–Kier alpha value is -2.89. The average Bonchev–Trinajstić information content (AvgIpc) is 3.17. The van der Waals surface area contributed by atoms with E-state index >= 15 is 0 Å². The summed E-state index contributed by atoms with van der Waals surface area (Å²) >= 11 is 3.38. The largest absolute Gasteiger partial charge is 0.298 e. The van der Waals surface area contributed by atoms with Crippen LogP contribution in [0.15, 0.2) is 83.8 Å². The lowest BCUT2D eigenvalue weighted by Crippen LogP contribution is -2.11. The molecule has 0 aliphatic carbocycles. The fourth-order valence-corrected chi connectivity index (χ4v) is 5.36. The number of hydrogen-bond donors (Lipinski definition) is 1. The lowest BCUT2D eigenvalue weighted by Gasteiger charge is -2.13. The van der Waals surface area contributed by atoms with Crippen LogP contribution >= 0.6 is 23.1 Å². The number of nitrogens with zero attached hydrogens (tertiary/aromatic N) is 1. The lowest BCUT2D eigenvalue weighted by atomic mass is 10.0. The average molecular weight is 401 g/mol. The zero-order chi connectivity index (χ0) is 18.9. The molecule has 0 saturated heterocycles. The third-order valence-corrected chi connectivity index (χ3v) is 6.93. The number of rotatable bonds is 3. The summed E-state index contributed by atoms with van der Waals surface area (Å²) in [5.41, 5.74) is 5.00. The van der Waals surface area contributed by atoms with Gasteiger partial charge >= 0.3 is 0 Å². The molecule has 1 aliphatic heterocycles. The summed E-state index contributed by atoms with van der Waals surface area (Å²) in [6.07, 6.45) is 0. The quantitative estimate of drug-likeness (QED) is 0.437. The number of carbonyl (C=O) groups is 1. The molecule has 1 aliphatic rings. The smallest absolute Gasteiger partial charge is 0.257 e. The van der Waals surface area contributed by atoms with E-state index in [1.807, 2.05) is 66.4 Å². The van der Waals surface area contributed by atoms with Crippen LogP contribution < -0.4 is 5.32 Å².